The number of hydrogen-bond donors (Lipinski definition) is 1. The summed E-state index contributed by atoms with van der Waals surface area (Å²) in [5, 5.41) is 2.65. The zero-order valence-electron chi connectivity index (χ0n) is 9.47. The average molecular weight is 225 g/mol. The standard InChI is InChI=1S/C9H20N2O2.ClH/c1-5-6-10-9(12)13-8-7-11(2,3)4;/h5-8H2,1-4H3;1H. The number of carbonyl (C=O) groups is 1. The molecule has 0 radical (unpaired) electrons. The van der Waals surface area contributed by atoms with Crippen LogP contribution in [0.1, 0.15) is 13.3 Å². The first-order chi connectivity index (χ1) is 5.95. The molecule has 4 nitrogen and oxygen atoms in total. The highest BCUT2D eigenvalue weighted by Crippen LogP contribution is 1.89. The van der Waals surface area contributed by atoms with Gasteiger partial charge in [-0.3, -0.25) is 0 Å². The largest absolute Gasteiger partial charge is 1.00 e. The Morgan fingerprint density at radius 3 is 2.36 bits per heavy atom. The minimum Gasteiger partial charge on any atom is -1.00 e. The Morgan fingerprint density at radius 1 is 1.36 bits per heavy atom. The fraction of sp³-hybridized carbons (Fsp3) is 0.889. The molecule has 0 aliphatic carbocycles. The third kappa shape index (κ3) is 11.5. The molecule has 0 atom stereocenters. The third-order valence-corrected chi connectivity index (χ3v) is 1.51. The summed E-state index contributed by atoms with van der Waals surface area (Å²) in [7, 11) is 6.19. The molecule has 0 fully saturated rings. The van der Waals surface area contributed by atoms with E-state index in [4.69, 9.17) is 4.74 Å². The zero-order valence-corrected chi connectivity index (χ0v) is 10.2. The summed E-state index contributed by atoms with van der Waals surface area (Å²) in [6.07, 6.45) is 0.625. The molecule has 1 amide bonds. The summed E-state index contributed by atoms with van der Waals surface area (Å²) in [6, 6.07) is 0. The van der Waals surface area contributed by atoms with Gasteiger partial charge in [0.1, 0.15) is 13.2 Å². The van der Waals surface area contributed by atoms with Crippen molar-refractivity contribution in [2.45, 2.75) is 13.3 Å². The summed E-state index contributed by atoms with van der Waals surface area (Å²) in [5.74, 6) is 0. The topological polar surface area (TPSA) is 38.3 Å². The molecule has 0 aromatic carbocycles. The molecule has 0 aromatic rings. The summed E-state index contributed by atoms with van der Waals surface area (Å²) < 4.78 is 5.76. The van der Waals surface area contributed by atoms with Crippen LogP contribution in [0.2, 0.25) is 0 Å². The number of alkyl carbamates (subject to hydrolysis) is 1. The maximum Gasteiger partial charge on any atom is 0.407 e. The van der Waals surface area contributed by atoms with Crippen molar-refractivity contribution in [1.82, 2.24) is 5.32 Å². The minimum absolute atomic E-state index is 0. The van der Waals surface area contributed by atoms with Gasteiger partial charge < -0.3 is 26.9 Å². The quantitative estimate of drug-likeness (QED) is 0.540. The van der Waals surface area contributed by atoms with Gasteiger partial charge in [0, 0.05) is 6.54 Å². The minimum atomic E-state index is -0.310. The van der Waals surface area contributed by atoms with Crippen LogP contribution in [0.3, 0.4) is 0 Å². The second kappa shape index (κ2) is 7.88. The summed E-state index contributed by atoms with van der Waals surface area (Å²) in [6.45, 7) is 3.99. The van der Waals surface area contributed by atoms with Crippen LogP contribution in [-0.4, -0.2) is 51.4 Å². The Kier molecular flexibility index (Phi) is 8.99. The number of likely N-dealkylation sites (N-methyl/N-ethyl adjacent to an activating group) is 1. The molecule has 0 bridgehead atoms. The van der Waals surface area contributed by atoms with Gasteiger partial charge >= 0.3 is 6.09 Å². The molecular formula is C9H21ClN2O2. The number of quaternary nitrogens is 1. The van der Waals surface area contributed by atoms with Gasteiger partial charge in [-0.05, 0) is 6.42 Å². The second-order valence-electron chi connectivity index (χ2n) is 4.08. The van der Waals surface area contributed by atoms with Crippen LogP contribution in [0.25, 0.3) is 0 Å². The molecule has 0 saturated carbocycles. The number of nitrogens with zero attached hydrogens (tertiary/aromatic N) is 1. The summed E-state index contributed by atoms with van der Waals surface area (Å²) in [5.41, 5.74) is 0. The molecule has 0 heterocycles. The maximum atomic E-state index is 10.9. The Bertz CT molecular complexity index is 157. The van der Waals surface area contributed by atoms with Crippen molar-refractivity contribution in [1.29, 1.82) is 0 Å². The molecule has 0 aromatic heterocycles. The molecule has 14 heavy (non-hydrogen) atoms. The van der Waals surface area contributed by atoms with Crippen molar-refractivity contribution in [3.05, 3.63) is 0 Å². The van der Waals surface area contributed by atoms with Crippen LogP contribution < -0.4 is 17.7 Å². The van der Waals surface area contributed by atoms with E-state index in [2.05, 4.69) is 26.5 Å². The molecule has 1 N–H and O–H groups in total. The Labute approximate surface area is 92.6 Å². The number of hydrogen-bond acceptors (Lipinski definition) is 2. The van der Waals surface area contributed by atoms with Crippen LogP contribution in [0, 0.1) is 0 Å². The summed E-state index contributed by atoms with van der Waals surface area (Å²) in [4.78, 5) is 10.9. The lowest BCUT2D eigenvalue weighted by molar-refractivity contribution is -0.870. The van der Waals surface area contributed by atoms with E-state index in [-0.39, 0.29) is 18.5 Å². The molecule has 0 saturated heterocycles. The van der Waals surface area contributed by atoms with Crippen LogP contribution in [0.15, 0.2) is 0 Å². The van der Waals surface area contributed by atoms with E-state index in [0.717, 1.165) is 17.4 Å². The monoisotopic (exact) mass is 224 g/mol. The fourth-order valence-corrected chi connectivity index (χ4v) is 0.690. The number of rotatable bonds is 5. The lowest BCUT2D eigenvalue weighted by Gasteiger charge is -2.23. The van der Waals surface area contributed by atoms with Crippen LogP contribution in [0.4, 0.5) is 4.79 Å². The lowest BCUT2D eigenvalue weighted by Crippen LogP contribution is -3.00. The Hall–Kier alpha value is -0.480. The maximum absolute atomic E-state index is 10.9. The van der Waals surface area contributed by atoms with Crippen molar-refractivity contribution in [3.8, 4) is 0 Å². The van der Waals surface area contributed by atoms with Crippen LogP contribution in [0.5, 0.6) is 0 Å². The van der Waals surface area contributed by atoms with Gasteiger partial charge in [-0.25, -0.2) is 4.79 Å². The predicted molar refractivity (Wildman–Crippen MR) is 52.5 cm³/mol. The van der Waals surface area contributed by atoms with Crippen molar-refractivity contribution < 1.29 is 26.4 Å². The van der Waals surface area contributed by atoms with Crippen molar-refractivity contribution >= 4 is 6.09 Å². The first-order valence-corrected chi connectivity index (χ1v) is 4.67. The second-order valence-corrected chi connectivity index (χ2v) is 4.08. The van der Waals surface area contributed by atoms with E-state index < -0.39 is 0 Å². The zero-order chi connectivity index (χ0) is 10.3. The Morgan fingerprint density at radius 2 is 1.93 bits per heavy atom. The van der Waals surface area contributed by atoms with Gasteiger partial charge in [0.05, 0.1) is 21.1 Å². The molecule has 0 aliphatic heterocycles. The molecule has 5 heteroatoms. The molecule has 0 spiro atoms. The normalized spacial score (nSPS) is 10.3. The number of amides is 1. The lowest BCUT2D eigenvalue weighted by atomic mass is 10.5. The van der Waals surface area contributed by atoms with Gasteiger partial charge in [0.2, 0.25) is 0 Å². The van der Waals surface area contributed by atoms with Crippen molar-refractivity contribution in [3.63, 3.8) is 0 Å². The van der Waals surface area contributed by atoms with E-state index in [1.807, 2.05) is 6.92 Å². The number of nitrogens with one attached hydrogen (secondary N) is 1. The molecule has 0 aliphatic rings. The summed E-state index contributed by atoms with van der Waals surface area (Å²) >= 11 is 0. The Balaban J connectivity index is 0. The highest BCUT2D eigenvalue weighted by molar-refractivity contribution is 5.66. The third-order valence-electron chi connectivity index (χ3n) is 1.51. The molecule has 0 rings (SSSR count). The molecule has 86 valence electrons. The molecular weight excluding hydrogens is 204 g/mol. The van der Waals surface area contributed by atoms with E-state index in [1.54, 1.807) is 0 Å². The van der Waals surface area contributed by atoms with Gasteiger partial charge in [-0.15, -0.1) is 0 Å². The van der Waals surface area contributed by atoms with E-state index in [9.17, 15) is 4.79 Å². The fourth-order valence-electron chi connectivity index (χ4n) is 0.690. The van der Waals surface area contributed by atoms with E-state index in [1.165, 1.54) is 0 Å². The smallest absolute Gasteiger partial charge is 0.407 e. The number of ether oxygens (including phenoxy) is 1. The predicted octanol–water partition coefficient (Wildman–Crippen LogP) is -2.17. The number of carbonyl (C=O) groups excluding carboxylic acids is 1. The first-order valence-electron chi connectivity index (χ1n) is 4.67. The van der Waals surface area contributed by atoms with Crippen LogP contribution in [-0.2, 0) is 4.74 Å². The number of halogens is 1. The molecule has 0 unspecified atom stereocenters. The van der Waals surface area contributed by atoms with Gasteiger partial charge in [-0.2, -0.15) is 0 Å². The van der Waals surface area contributed by atoms with E-state index in [0.29, 0.717) is 13.2 Å². The van der Waals surface area contributed by atoms with Gasteiger partial charge in [0.15, 0.2) is 0 Å². The van der Waals surface area contributed by atoms with Crippen molar-refractivity contribution in [2.24, 2.45) is 0 Å². The highest BCUT2D eigenvalue weighted by atomic mass is 35.5. The van der Waals surface area contributed by atoms with Crippen LogP contribution >= 0.6 is 0 Å². The SMILES string of the molecule is CCCNC(=O)OCC[N+](C)(C)C.[Cl-]. The van der Waals surface area contributed by atoms with Gasteiger partial charge in [-0.1, -0.05) is 6.92 Å². The van der Waals surface area contributed by atoms with Crippen molar-refractivity contribution in [2.75, 3.05) is 40.8 Å². The average Bonchev–Trinajstić information content (AvgIpc) is 1.98. The van der Waals surface area contributed by atoms with Gasteiger partial charge in [0.25, 0.3) is 0 Å². The first kappa shape index (κ1) is 16.0. The van der Waals surface area contributed by atoms with E-state index >= 15 is 0 Å². The highest BCUT2D eigenvalue weighted by Gasteiger charge is 2.08.